The Morgan fingerprint density at radius 1 is 1.10 bits per heavy atom. The van der Waals surface area contributed by atoms with E-state index in [0.717, 1.165) is 11.4 Å². The Morgan fingerprint density at radius 3 is 2.55 bits per heavy atom. The second-order valence-corrected chi connectivity index (χ2v) is 5.76. The summed E-state index contributed by atoms with van der Waals surface area (Å²) in [5, 5.41) is 0. The highest BCUT2D eigenvalue weighted by Gasteiger charge is 2.10. The van der Waals surface area contributed by atoms with Crippen molar-refractivity contribution < 1.29 is 4.79 Å². The van der Waals surface area contributed by atoms with Crippen LogP contribution >= 0.6 is 11.8 Å². The number of hydrogen-bond donors (Lipinski definition) is 0. The first-order chi connectivity index (χ1) is 9.66. The molecule has 0 aliphatic rings. The van der Waals surface area contributed by atoms with E-state index in [2.05, 4.69) is 31.2 Å². The van der Waals surface area contributed by atoms with Gasteiger partial charge in [-0.05, 0) is 24.6 Å². The van der Waals surface area contributed by atoms with E-state index in [-0.39, 0.29) is 5.91 Å². The number of rotatable bonds is 5. The number of thioether (sulfide) groups is 1. The van der Waals surface area contributed by atoms with Crippen LogP contribution in [0.5, 0.6) is 0 Å². The Kier molecular flexibility index (Phi) is 5.24. The van der Waals surface area contributed by atoms with Gasteiger partial charge in [-0.1, -0.05) is 48.0 Å². The highest BCUT2D eigenvalue weighted by atomic mass is 32.2. The molecule has 104 valence electrons. The monoisotopic (exact) mass is 285 g/mol. The minimum absolute atomic E-state index is 0.133. The molecule has 0 radical (unpaired) electrons. The number of amides is 1. The summed E-state index contributed by atoms with van der Waals surface area (Å²) in [5.74, 6) is 1.50. The second kappa shape index (κ2) is 7.15. The van der Waals surface area contributed by atoms with Gasteiger partial charge in [-0.2, -0.15) is 0 Å². The number of hydrogen-bond acceptors (Lipinski definition) is 2. The van der Waals surface area contributed by atoms with Gasteiger partial charge in [0.1, 0.15) is 0 Å². The van der Waals surface area contributed by atoms with Gasteiger partial charge in [0.15, 0.2) is 0 Å². The lowest BCUT2D eigenvalue weighted by Crippen LogP contribution is -2.27. The molecule has 2 nitrogen and oxygen atoms in total. The molecule has 2 rings (SSSR count). The van der Waals surface area contributed by atoms with Crippen LogP contribution in [0.4, 0.5) is 5.69 Å². The van der Waals surface area contributed by atoms with E-state index in [4.69, 9.17) is 0 Å². The Balaban J connectivity index is 1.83. The molecule has 0 unspecified atom stereocenters. The van der Waals surface area contributed by atoms with E-state index in [9.17, 15) is 4.79 Å². The normalized spacial score (nSPS) is 10.3. The van der Waals surface area contributed by atoms with Crippen molar-refractivity contribution in [3.05, 3.63) is 65.7 Å². The fourth-order valence-electron chi connectivity index (χ4n) is 1.95. The van der Waals surface area contributed by atoms with Crippen molar-refractivity contribution in [2.24, 2.45) is 0 Å². The number of carbonyl (C=O) groups excluding carboxylic acids is 1. The average Bonchev–Trinajstić information content (AvgIpc) is 2.47. The number of aryl methyl sites for hydroxylation is 1. The summed E-state index contributed by atoms with van der Waals surface area (Å²) >= 11 is 1.65. The Morgan fingerprint density at radius 2 is 1.85 bits per heavy atom. The van der Waals surface area contributed by atoms with E-state index in [1.165, 1.54) is 11.1 Å². The van der Waals surface area contributed by atoms with E-state index in [0.29, 0.717) is 5.75 Å². The first kappa shape index (κ1) is 14.7. The highest BCUT2D eigenvalue weighted by molar-refractivity contribution is 7.99. The van der Waals surface area contributed by atoms with E-state index < -0.39 is 0 Å². The van der Waals surface area contributed by atoms with Crippen LogP contribution in [0.15, 0.2) is 54.6 Å². The summed E-state index contributed by atoms with van der Waals surface area (Å²) in [7, 11) is 1.82. The lowest BCUT2D eigenvalue weighted by atomic mass is 10.2. The lowest BCUT2D eigenvalue weighted by molar-refractivity contribution is -0.115. The summed E-state index contributed by atoms with van der Waals surface area (Å²) < 4.78 is 0. The maximum atomic E-state index is 12.1. The van der Waals surface area contributed by atoms with Crippen molar-refractivity contribution in [3.8, 4) is 0 Å². The topological polar surface area (TPSA) is 20.3 Å². The summed E-state index contributed by atoms with van der Waals surface area (Å²) in [4.78, 5) is 13.8. The maximum absolute atomic E-state index is 12.1. The standard InChI is InChI=1S/C17H19NOS/c1-14-7-6-8-15(11-14)12-20-13-17(19)18(2)16-9-4-3-5-10-16/h3-11H,12-13H2,1-2H3. The van der Waals surface area contributed by atoms with Gasteiger partial charge in [0, 0.05) is 18.5 Å². The molecule has 0 aliphatic carbocycles. The number of nitrogens with zero attached hydrogens (tertiary/aromatic N) is 1. The van der Waals surface area contributed by atoms with E-state index in [1.54, 1.807) is 16.7 Å². The highest BCUT2D eigenvalue weighted by Crippen LogP contribution is 2.16. The summed E-state index contributed by atoms with van der Waals surface area (Å²) in [6.45, 7) is 2.09. The molecular weight excluding hydrogens is 266 g/mol. The van der Waals surface area contributed by atoms with Gasteiger partial charge in [0.2, 0.25) is 5.91 Å². The van der Waals surface area contributed by atoms with E-state index in [1.807, 2.05) is 37.4 Å². The van der Waals surface area contributed by atoms with Gasteiger partial charge in [-0.15, -0.1) is 11.8 Å². The minimum Gasteiger partial charge on any atom is -0.315 e. The maximum Gasteiger partial charge on any atom is 0.236 e. The molecule has 20 heavy (non-hydrogen) atoms. The van der Waals surface area contributed by atoms with Crippen molar-refractivity contribution >= 4 is 23.4 Å². The first-order valence-electron chi connectivity index (χ1n) is 6.62. The summed E-state index contributed by atoms with van der Waals surface area (Å²) in [6, 6.07) is 18.1. The number of anilines is 1. The van der Waals surface area contributed by atoms with Crippen LogP contribution in [0, 0.1) is 6.92 Å². The van der Waals surface area contributed by atoms with Gasteiger partial charge < -0.3 is 4.90 Å². The van der Waals surface area contributed by atoms with Crippen LogP contribution in [0.1, 0.15) is 11.1 Å². The quantitative estimate of drug-likeness (QED) is 0.830. The molecule has 2 aromatic carbocycles. The molecule has 1 amide bonds. The van der Waals surface area contributed by atoms with Gasteiger partial charge in [-0.3, -0.25) is 4.79 Å². The van der Waals surface area contributed by atoms with Gasteiger partial charge in [0.25, 0.3) is 0 Å². The van der Waals surface area contributed by atoms with Crippen LogP contribution in [0.3, 0.4) is 0 Å². The molecule has 3 heteroatoms. The third-order valence-electron chi connectivity index (χ3n) is 3.09. The Hall–Kier alpha value is -1.74. The molecule has 0 saturated carbocycles. The zero-order chi connectivity index (χ0) is 14.4. The predicted octanol–water partition coefficient (Wildman–Crippen LogP) is 3.89. The molecular formula is C17H19NOS. The molecule has 0 saturated heterocycles. The zero-order valence-corrected chi connectivity index (χ0v) is 12.7. The van der Waals surface area contributed by atoms with Crippen molar-refractivity contribution in [1.29, 1.82) is 0 Å². The SMILES string of the molecule is Cc1cccc(CSCC(=O)N(C)c2ccccc2)c1. The molecule has 0 N–H and O–H groups in total. The molecule has 0 spiro atoms. The predicted molar refractivity (Wildman–Crippen MR) is 87.2 cm³/mol. The Bertz CT molecular complexity index is 568. The Labute approximate surface area is 124 Å². The molecule has 0 aromatic heterocycles. The van der Waals surface area contributed by atoms with E-state index >= 15 is 0 Å². The average molecular weight is 285 g/mol. The van der Waals surface area contributed by atoms with Crippen LogP contribution in [0.2, 0.25) is 0 Å². The molecule has 0 bridgehead atoms. The first-order valence-corrected chi connectivity index (χ1v) is 7.77. The fourth-order valence-corrected chi connectivity index (χ4v) is 2.84. The number of para-hydroxylation sites is 1. The summed E-state index contributed by atoms with van der Waals surface area (Å²) in [5.41, 5.74) is 3.47. The third-order valence-corrected chi connectivity index (χ3v) is 4.08. The van der Waals surface area contributed by atoms with Crippen LogP contribution in [-0.2, 0) is 10.5 Å². The van der Waals surface area contributed by atoms with Crippen molar-refractivity contribution in [2.75, 3.05) is 17.7 Å². The zero-order valence-electron chi connectivity index (χ0n) is 11.9. The second-order valence-electron chi connectivity index (χ2n) is 4.77. The van der Waals surface area contributed by atoms with Crippen LogP contribution in [0.25, 0.3) is 0 Å². The number of carbonyl (C=O) groups is 1. The fraction of sp³-hybridized carbons (Fsp3) is 0.235. The van der Waals surface area contributed by atoms with Crippen molar-refractivity contribution in [1.82, 2.24) is 0 Å². The molecule has 2 aromatic rings. The minimum atomic E-state index is 0.133. The van der Waals surface area contributed by atoms with Crippen LogP contribution < -0.4 is 4.90 Å². The molecule has 0 atom stereocenters. The lowest BCUT2D eigenvalue weighted by Gasteiger charge is -2.16. The third kappa shape index (κ3) is 4.14. The largest absolute Gasteiger partial charge is 0.315 e. The van der Waals surface area contributed by atoms with Crippen molar-refractivity contribution in [2.45, 2.75) is 12.7 Å². The van der Waals surface area contributed by atoms with Gasteiger partial charge in [-0.25, -0.2) is 0 Å². The van der Waals surface area contributed by atoms with Gasteiger partial charge in [0.05, 0.1) is 5.75 Å². The van der Waals surface area contributed by atoms with Crippen molar-refractivity contribution in [3.63, 3.8) is 0 Å². The smallest absolute Gasteiger partial charge is 0.236 e. The molecule has 0 fully saturated rings. The summed E-state index contributed by atoms with van der Waals surface area (Å²) in [6.07, 6.45) is 0. The van der Waals surface area contributed by atoms with Gasteiger partial charge >= 0.3 is 0 Å². The van der Waals surface area contributed by atoms with Crippen LogP contribution in [-0.4, -0.2) is 18.7 Å². The number of benzene rings is 2. The molecule has 0 aliphatic heterocycles. The molecule has 0 heterocycles.